The number of urea groups is 1. The minimum atomic E-state index is -1.50. The van der Waals surface area contributed by atoms with E-state index >= 15 is 0 Å². The lowest BCUT2D eigenvalue weighted by Gasteiger charge is -2.24. The highest BCUT2D eigenvalue weighted by Gasteiger charge is 2.50. The van der Waals surface area contributed by atoms with Crippen LogP contribution in [0.3, 0.4) is 0 Å². The molecule has 0 bridgehead atoms. The molecule has 0 aromatic heterocycles. The molecule has 0 radical (unpaired) electrons. The van der Waals surface area contributed by atoms with Crippen molar-refractivity contribution in [1.29, 1.82) is 0 Å². The maximum atomic E-state index is 14.1. The summed E-state index contributed by atoms with van der Waals surface area (Å²) < 4.78 is 14.1. The van der Waals surface area contributed by atoms with Crippen molar-refractivity contribution in [1.82, 2.24) is 15.1 Å². The van der Waals surface area contributed by atoms with Gasteiger partial charge in [0.05, 0.1) is 0 Å². The molecule has 1 aromatic rings. The van der Waals surface area contributed by atoms with E-state index in [1.54, 1.807) is 11.0 Å². The van der Waals surface area contributed by atoms with Gasteiger partial charge in [-0.25, -0.2) is 9.18 Å². The third-order valence-corrected chi connectivity index (χ3v) is 4.94. The number of nitrogens with zero attached hydrogens (tertiary/aromatic N) is 2. The van der Waals surface area contributed by atoms with Crippen LogP contribution < -0.4 is 5.32 Å². The molecule has 2 aliphatic heterocycles. The van der Waals surface area contributed by atoms with E-state index in [4.69, 9.17) is 0 Å². The summed E-state index contributed by atoms with van der Waals surface area (Å²) >= 11 is 0. The van der Waals surface area contributed by atoms with Gasteiger partial charge in [0.25, 0.3) is 5.91 Å². The second kappa shape index (κ2) is 6.82. The van der Waals surface area contributed by atoms with Gasteiger partial charge < -0.3 is 10.2 Å². The molecule has 2 fully saturated rings. The average Bonchev–Trinajstić information content (AvgIpc) is 2.81. The van der Waals surface area contributed by atoms with Crippen molar-refractivity contribution < 1.29 is 18.8 Å². The standard InChI is InChI=1S/C18H22FN3O3/c1-18(13-8-4-5-9-14(13)19)16(24)22(17(25)20-18)12-15(23)21-10-6-2-3-7-11-21/h4-5,8-9H,2-3,6-7,10-12H2,1H3,(H,20,25)/t18-/m1/s1. The van der Waals surface area contributed by atoms with Gasteiger partial charge in [-0.05, 0) is 25.8 Å². The summed E-state index contributed by atoms with van der Waals surface area (Å²) in [6, 6.07) is 5.16. The van der Waals surface area contributed by atoms with Crippen molar-refractivity contribution in [2.45, 2.75) is 38.1 Å². The molecule has 25 heavy (non-hydrogen) atoms. The van der Waals surface area contributed by atoms with Crippen molar-refractivity contribution in [3.05, 3.63) is 35.6 Å². The maximum absolute atomic E-state index is 14.1. The van der Waals surface area contributed by atoms with Crippen LogP contribution in [-0.2, 0) is 15.1 Å². The topological polar surface area (TPSA) is 69.7 Å². The predicted molar refractivity (Wildman–Crippen MR) is 89.0 cm³/mol. The van der Waals surface area contributed by atoms with Gasteiger partial charge in [-0.15, -0.1) is 0 Å². The predicted octanol–water partition coefficient (Wildman–Crippen LogP) is 2.00. The van der Waals surface area contributed by atoms with E-state index in [1.807, 2.05) is 0 Å². The Labute approximate surface area is 146 Å². The van der Waals surface area contributed by atoms with Crippen molar-refractivity contribution in [2.24, 2.45) is 0 Å². The number of imide groups is 1. The molecule has 2 heterocycles. The quantitative estimate of drug-likeness (QED) is 0.850. The number of amides is 4. The number of nitrogens with one attached hydrogen (secondary N) is 1. The maximum Gasteiger partial charge on any atom is 0.325 e. The van der Waals surface area contributed by atoms with Crippen LogP contribution in [0.15, 0.2) is 24.3 Å². The molecule has 134 valence electrons. The van der Waals surface area contributed by atoms with Gasteiger partial charge >= 0.3 is 6.03 Å². The molecule has 1 atom stereocenters. The highest BCUT2D eigenvalue weighted by atomic mass is 19.1. The number of hydrogen-bond acceptors (Lipinski definition) is 3. The average molecular weight is 347 g/mol. The van der Waals surface area contributed by atoms with Crippen LogP contribution in [0.5, 0.6) is 0 Å². The SMILES string of the molecule is C[C@]1(c2ccccc2F)NC(=O)N(CC(=O)N2CCCCCC2)C1=O. The Morgan fingerprint density at radius 1 is 1.16 bits per heavy atom. The van der Waals surface area contributed by atoms with Gasteiger partial charge in [-0.1, -0.05) is 31.0 Å². The first-order chi connectivity index (χ1) is 11.9. The third-order valence-electron chi connectivity index (χ3n) is 4.94. The molecule has 1 N–H and O–H groups in total. The first kappa shape index (κ1) is 17.4. The number of likely N-dealkylation sites (tertiary alicyclic amines) is 1. The highest BCUT2D eigenvalue weighted by molar-refractivity contribution is 6.09. The van der Waals surface area contributed by atoms with E-state index in [9.17, 15) is 18.8 Å². The summed E-state index contributed by atoms with van der Waals surface area (Å²) in [4.78, 5) is 40.1. The van der Waals surface area contributed by atoms with Crippen LogP contribution >= 0.6 is 0 Å². The van der Waals surface area contributed by atoms with E-state index in [1.165, 1.54) is 25.1 Å². The lowest BCUT2D eigenvalue weighted by atomic mass is 9.91. The van der Waals surface area contributed by atoms with Crippen molar-refractivity contribution in [2.75, 3.05) is 19.6 Å². The summed E-state index contributed by atoms with van der Waals surface area (Å²) in [7, 11) is 0. The minimum Gasteiger partial charge on any atom is -0.341 e. The van der Waals surface area contributed by atoms with Crippen LogP contribution in [0.1, 0.15) is 38.2 Å². The summed E-state index contributed by atoms with van der Waals surface area (Å²) in [6.45, 7) is 2.44. The molecule has 0 spiro atoms. The smallest absolute Gasteiger partial charge is 0.325 e. The molecule has 0 saturated carbocycles. The molecule has 2 aliphatic rings. The minimum absolute atomic E-state index is 0.0954. The lowest BCUT2D eigenvalue weighted by Crippen LogP contribution is -2.45. The summed E-state index contributed by atoms with van der Waals surface area (Å²) in [5.74, 6) is -1.42. The Morgan fingerprint density at radius 3 is 2.44 bits per heavy atom. The van der Waals surface area contributed by atoms with Gasteiger partial charge in [0.2, 0.25) is 5.91 Å². The second-order valence-corrected chi connectivity index (χ2v) is 6.72. The first-order valence-electron chi connectivity index (χ1n) is 8.60. The Morgan fingerprint density at radius 2 is 1.80 bits per heavy atom. The van der Waals surface area contributed by atoms with Crippen molar-refractivity contribution >= 4 is 17.8 Å². The van der Waals surface area contributed by atoms with Crippen LogP contribution in [0.2, 0.25) is 0 Å². The fourth-order valence-corrected chi connectivity index (χ4v) is 3.45. The largest absolute Gasteiger partial charge is 0.341 e. The zero-order valence-electron chi connectivity index (χ0n) is 14.3. The third kappa shape index (κ3) is 3.23. The molecule has 0 unspecified atom stereocenters. The van der Waals surface area contributed by atoms with Crippen LogP contribution in [0, 0.1) is 5.82 Å². The number of carbonyl (C=O) groups is 3. The van der Waals surface area contributed by atoms with Gasteiger partial charge in [-0.3, -0.25) is 14.5 Å². The number of carbonyl (C=O) groups excluding carboxylic acids is 3. The van der Waals surface area contributed by atoms with E-state index < -0.39 is 23.3 Å². The fraction of sp³-hybridized carbons (Fsp3) is 0.500. The molecule has 4 amide bonds. The Kier molecular flexibility index (Phi) is 4.74. The number of hydrogen-bond donors (Lipinski definition) is 1. The molecule has 3 rings (SSSR count). The van der Waals surface area contributed by atoms with Crippen LogP contribution in [0.4, 0.5) is 9.18 Å². The van der Waals surface area contributed by atoms with Gasteiger partial charge in [-0.2, -0.15) is 0 Å². The zero-order valence-corrected chi connectivity index (χ0v) is 14.3. The monoisotopic (exact) mass is 347 g/mol. The van der Waals surface area contributed by atoms with Crippen LogP contribution in [0.25, 0.3) is 0 Å². The van der Waals surface area contributed by atoms with Gasteiger partial charge in [0, 0.05) is 18.7 Å². The Bertz CT molecular complexity index is 701. The Balaban J connectivity index is 1.77. The van der Waals surface area contributed by atoms with E-state index in [-0.39, 0.29) is 18.0 Å². The van der Waals surface area contributed by atoms with E-state index in [0.717, 1.165) is 30.6 Å². The van der Waals surface area contributed by atoms with Crippen molar-refractivity contribution in [3.8, 4) is 0 Å². The summed E-state index contributed by atoms with van der Waals surface area (Å²) in [5.41, 5.74) is -1.40. The Hall–Kier alpha value is -2.44. The molecular formula is C18H22FN3O3. The van der Waals surface area contributed by atoms with E-state index in [2.05, 4.69) is 5.32 Å². The lowest BCUT2D eigenvalue weighted by molar-refractivity contribution is -0.138. The molecule has 6 nitrogen and oxygen atoms in total. The fourth-order valence-electron chi connectivity index (χ4n) is 3.45. The molecule has 0 aliphatic carbocycles. The van der Waals surface area contributed by atoms with Gasteiger partial charge in [0.1, 0.15) is 17.9 Å². The van der Waals surface area contributed by atoms with E-state index in [0.29, 0.717) is 13.1 Å². The number of halogens is 1. The van der Waals surface area contributed by atoms with Crippen LogP contribution in [-0.4, -0.2) is 47.3 Å². The summed E-state index contributed by atoms with van der Waals surface area (Å²) in [6.07, 6.45) is 4.02. The molecule has 2 saturated heterocycles. The first-order valence-corrected chi connectivity index (χ1v) is 8.60. The molecular weight excluding hydrogens is 325 g/mol. The number of rotatable bonds is 3. The normalized spacial score (nSPS) is 24.2. The van der Waals surface area contributed by atoms with Gasteiger partial charge in [0.15, 0.2) is 0 Å². The molecule has 7 heteroatoms. The van der Waals surface area contributed by atoms with Crippen molar-refractivity contribution in [3.63, 3.8) is 0 Å². The number of benzene rings is 1. The highest BCUT2D eigenvalue weighted by Crippen LogP contribution is 2.30. The second-order valence-electron chi connectivity index (χ2n) is 6.72. The molecule has 1 aromatic carbocycles. The summed E-state index contributed by atoms with van der Waals surface area (Å²) in [5, 5.41) is 2.53. The zero-order chi connectivity index (χ0) is 18.0.